The monoisotopic (exact) mass is 649 g/mol. The van der Waals surface area contributed by atoms with Crippen LogP contribution in [0.15, 0.2) is 72.8 Å². The number of nitrogens with zero attached hydrogens (tertiary/aromatic N) is 3. The number of amides is 3. The Hall–Kier alpha value is -3.27. The van der Waals surface area contributed by atoms with Gasteiger partial charge < -0.3 is 24.5 Å². The fourth-order valence-corrected chi connectivity index (χ4v) is 9.88. The molecule has 0 aliphatic carbocycles. The third kappa shape index (κ3) is 5.07. The minimum atomic E-state index is -1.02. The van der Waals surface area contributed by atoms with Crippen molar-refractivity contribution in [1.29, 1.82) is 0 Å². The zero-order chi connectivity index (χ0) is 32.1. The normalized spacial score (nSPS) is 30.5. The van der Waals surface area contributed by atoms with Crippen molar-refractivity contribution in [3.8, 4) is 5.75 Å². The first-order valence-electron chi connectivity index (χ1n) is 15.7. The van der Waals surface area contributed by atoms with Crippen molar-refractivity contribution >= 4 is 52.5 Å². The Bertz CT molecular complexity index is 1530. The van der Waals surface area contributed by atoms with Crippen LogP contribution < -0.4 is 14.5 Å². The molecule has 0 bridgehead atoms. The molecule has 7 atom stereocenters. The molecule has 4 aliphatic rings. The summed E-state index contributed by atoms with van der Waals surface area (Å²) in [5, 5.41) is 11.3. The van der Waals surface area contributed by atoms with Gasteiger partial charge in [-0.1, -0.05) is 56.2 Å². The molecule has 8 nitrogen and oxygen atoms in total. The molecule has 0 saturated carbocycles. The Morgan fingerprint density at radius 1 is 0.911 bits per heavy atom. The Labute approximate surface area is 274 Å². The zero-order valence-electron chi connectivity index (χ0n) is 26.1. The molecule has 45 heavy (non-hydrogen) atoms. The van der Waals surface area contributed by atoms with Crippen LogP contribution in [0.1, 0.15) is 34.1 Å². The van der Waals surface area contributed by atoms with Crippen LogP contribution in [0, 0.1) is 17.8 Å². The lowest BCUT2D eigenvalue weighted by atomic mass is 9.74. The molecular weight excluding hydrogens is 610 g/mol. The smallest absolute Gasteiger partial charge is 0.251 e. The number of thioether (sulfide) groups is 1. The maximum atomic E-state index is 14.9. The first-order chi connectivity index (χ1) is 21.6. The number of carbonyl (C=O) groups is 3. The van der Waals surface area contributed by atoms with Crippen molar-refractivity contribution in [2.24, 2.45) is 17.8 Å². The Morgan fingerprint density at radius 3 is 2.11 bits per heavy atom. The van der Waals surface area contributed by atoms with Crippen LogP contribution in [0.5, 0.6) is 5.75 Å². The van der Waals surface area contributed by atoms with Gasteiger partial charge in [-0.25, -0.2) is 0 Å². The number of fused-ring (bicyclic) bond motifs is 2. The molecule has 0 radical (unpaired) electrons. The molecule has 1 unspecified atom stereocenters. The first-order valence-corrected chi connectivity index (χ1v) is 16.9. The zero-order valence-corrected chi connectivity index (χ0v) is 27.6. The predicted molar refractivity (Wildman–Crippen MR) is 179 cm³/mol. The van der Waals surface area contributed by atoms with E-state index in [-0.39, 0.29) is 30.2 Å². The second-order valence-electron chi connectivity index (χ2n) is 12.5. The van der Waals surface area contributed by atoms with E-state index >= 15 is 0 Å². The van der Waals surface area contributed by atoms with E-state index in [1.54, 1.807) is 39.0 Å². The molecule has 0 aromatic heterocycles. The number of anilines is 2. The molecule has 1 spiro atoms. The highest BCUT2D eigenvalue weighted by Crippen LogP contribution is 2.66. The Morgan fingerprint density at radius 2 is 1.51 bits per heavy atom. The fourth-order valence-electron chi connectivity index (χ4n) is 7.61. The van der Waals surface area contributed by atoms with Crippen LogP contribution in [0.2, 0.25) is 5.02 Å². The lowest BCUT2D eigenvalue weighted by Crippen LogP contribution is -2.58. The third-order valence-corrected chi connectivity index (χ3v) is 12.0. The second kappa shape index (κ2) is 12.2. The topological polar surface area (TPSA) is 90.4 Å². The molecule has 2 saturated heterocycles. The number of carbonyl (C=O) groups excluding carboxylic acids is 3. The molecule has 2 aromatic carbocycles. The van der Waals surface area contributed by atoms with Crippen LogP contribution in [0.3, 0.4) is 0 Å². The van der Waals surface area contributed by atoms with Gasteiger partial charge in [0.15, 0.2) is 0 Å². The van der Waals surface area contributed by atoms with Crippen molar-refractivity contribution in [1.82, 2.24) is 4.90 Å². The number of hydrogen-bond acceptors (Lipinski definition) is 6. The summed E-state index contributed by atoms with van der Waals surface area (Å²) in [6.07, 6.45) is 8.72. The van der Waals surface area contributed by atoms with Crippen LogP contribution in [-0.4, -0.2) is 75.6 Å². The van der Waals surface area contributed by atoms with Gasteiger partial charge in [-0.2, -0.15) is 0 Å². The second-order valence-corrected chi connectivity index (χ2v) is 14.7. The number of ether oxygens (including phenoxy) is 1. The standard InChI is InChI=1S/C35H40ClN3O5S/c1-5-22(3)27(21-40)39-30-33(43)38(24-11-9-23(36)10-12-24)20-8-18-35(30)29(32(39)42)28-31(41)37(19-7-17-34(28,4)45-35)25-13-15-26(16-14-25)44-6-2/h7-18,22,27-30,40H,5-6,19-21H2,1-4H3/t22-,27-,28+,29-,30?,34-,35-/m0/s1. The molecule has 4 heterocycles. The molecule has 1 N–H and O–H groups in total. The average Bonchev–Trinajstić information content (AvgIpc) is 3.30. The summed E-state index contributed by atoms with van der Waals surface area (Å²) < 4.78 is 3.85. The largest absolute Gasteiger partial charge is 0.494 e. The summed E-state index contributed by atoms with van der Waals surface area (Å²) in [5.41, 5.74) is 1.39. The molecular formula is C35H40ClN3O5S. The number of rotatable bonds is 8. The fraction of sp³-hybridized carbons (Fsp3) is 0.457. The summed E-state index contributed by atoms with van der Waals surface area (Å²) in [6, 6.07) is 13.0. The number of aliphatic hydroxyl groups is 1. The van der Waals surface area contributed by atoms with Gasteiger partial charge in [-0.05, 0) is 68.3 Å². The number of halogens is 1. The van der Waals surface area contributed by atoms with Crippen molar-refractivity contribution in [3.63, 3.8) is 0 Å². The van der Waals surface area contributed by atoms with Crippen molar-refractivity contribution < 1.29 is 24.2 Å². The first kappa shape index (κ1) is 31.7. The van der Waals surface area contributed by atoms with Gasteiger partial charge in [-0.15, -0.1) is 11.8 Å². The van der Waals surface area contributed by atoms with Gasteiger partial charge in [-0.3, -0.25) is 14.4 Å². The van der Waals surface area contributed by atoms with E-state index in [9.17, 15) is 19.5 Å². The van der Waals surface area contributed by atoms with Gasteiger partial charge in [0.1, 0.15) is 11.8 Å². The van der Waals surface area contributed by atoms with E-state index in [1.807, 2.05) is 70.2 Å². The number of likely N-dealkylation sites (tertiary alicyclic amines) is 1. The molecule has 238 valence electrons. The summed E-state index contributed by atoms with van der Waals surface area (Å²) in [7, 11) is 0. The van der Waals surface area contributed by atoms with Crippen molar-refractivity contribution in [3.05, 3.63) is 77.9 Å². The lowest BCUT2D eigenvalue weighted by molar-refractivity contribution is -0.143. The maximum Gasteiger partial charge on any atom is 0.251 e. The van der Waals surface area contributed by atoms with E-state index in [4.69, 9.17) is 16.3 Å². The minimum absolute atomic E-state index is 0.0692. The Kier molecular flexibility index (Phi) is 8.56. The van der Waals surface area contributed by atoms with E-state index < -0.39 is 33.4 Å². The van der Waals surface area contributed by atoms with E-state index in [0.717, 1.165) is 11.4 Å². The molecule has 2 aromatic rings. The highest BCUT2D eigenvalue weighted by molar-refractivity contribution is 8.02. The quantitative estimate of drug-likeness (QED) is 0.389. The predicted octanol–water partition coefficient (Wildman–Crippen LogP) is 5.34. The van der Waals surface area contributed by atoms with E-state index in [0.29, 0.717) is 36.8 Å². The van der Waals surface area contributed by atoms with Crippen LogP contribution in [0.25, 0.3) is 0 Å². The van der Waals surface area contributed by atoms with Crippen LogP contribution in [0.4, 0.5) is 11.4 Å². The molecule has 6 rings (SSSR count). The van der Waals surface area contributed by atoms with Crippen LogP contribution >= 0.6 is 23.4 Å². The maximum absolute atomic E-state index is 14.9. The third-order valence-electron chi connectivity index (χ3n) is 9.94. The van der Waals surface area contributed by atoms with E-state index in [1.165, 1.54) is 11.8 Å². The molecule has 4 aliphatic heterocycles. The summed E-state index contributed by atoms with van der Waals surface area (Å²) in [4.78, 5) is 49.5. The number of benzene rings is 2. The highest BCUT2D eigenvalue weighted by atomic mass is 35.5. The number of aliphatic hydroxyl groups excluding tert-OH is 1. The molecule has 10 heteroatoms. The average molecular weight is 650 g/mol. The van der Waals surface area contributed by atoms with Gasteiger partial charge >= 0.3 is 0 Å². The van der Waals surface area contributed by atoms with Crippen LogP contribution in [-0.2, 0) is 14.4 Å². The molecule has 2 fully saturated rings. The lowest BCUT2D eigenvalue weighted by Gasteiger charge is -2.41. The van der Waals surface area contributed by atoms with Crippen molar-refractivity contribution in [2.75, 3.05) is 36.1 Å². The highest BCUT2D eigenvalue weighted by Gasteiger charge is 2.74. The van der Waals surface area contributed by atoms with Gasteiger partial charge in [0.05, 0.1) is 35.8 Å². The minimum Gasteiger partial charge on any atom is -0.494 e. The van der Waals surface area contributed by atoms with E-state index in [2.05, 4.69) is 6.08 Å². The summed E-state index contributed by atoms with van der Waals surface area (Å²) in [5.74, 6) is -1.53. The summed E-state index contributed by atoms with van der Waals surface area (Å²) >= 11 is 7.71. The SMILES string of the molecule is CCOc1ccc(N2CC=C[C@]3(C)S[C@]45C=CCN(c6ccc(Cl)cc6)C(=O)C4N([C@@H](CO)[C@@H](C)CC)C(=O)[C@@H]5[C@@H]3C2=O)cc1. The number of hydrogen-bond donors (Lipinski definition) is 1. The summed E-state index contributed by atoms with van der Waals surface area (Å²) in [6.45, 7) is 8.88. The molecule has 3 amide bonds. The Balaban J connectivity index is 1.47. The van der Waals surface area contributed by atoms with Gasteiger partial charge in [0.2, 0.25) is 11.8 Å². The van der Waals surface area contributed by atoms with Gasteiger partial charge in [0.25, 0.3) is 5.91 Å². The van der Waals surface area contributed by atoms with Crippen molar-refractivity contribution in [2.45, 2.75) is 55.7 Å². The van der Waals surface area contributed by atoms with Gasteiger partial charge in [0, 0.05) is 34.2 Å².